The van der Waals surface area contributed by atoms with E-state index < -0.39 is 0 Å². The summed E-state index contributed by atoms with van der Waals surface area (Å²) in [4.78, 5) is 14.1. The molecule has 0 saturated carbocycles. The van der Waals surface area contributed by atoms with Crippen LogP contribution in [0.4, 0.5) is 0 Å². The van der Waals surface area contributed by atoms with E-state index in [-0.39, 0.29) is 11.9 Å². The average Bonchev–Trinajstić information content (AvgIpc) is 2.96. The van der Waals surface area contributed by atoms with E-state index in [9.17, 15) is 4.79 Å². The summed E-state index contributed by atoms with van der Waals surface area (Å²) in [7, 11) is 0. The molecule has 1 aliphatic rings. The van der Waals surface area contributed by atoms with Gasteiger partial charge >= 0.3 is 0 Å². The van der Waals surface area contributed by atoms with Crippen LogP contribution in [-0.4, -0.2) is 37.0 Å². The minimum atomic E-state index is -0.128. The van der Waals surface area contributed by atoms with Crippen LogP contribution in [0, 0.1) is 0 Å². The summed E-state index contributed by atoms with van der Waals surface area (Å²) in [6.45, 7) is 3.64. The minimum absolute atomic E-state index is 0.0956. The Kier molecular flexibility index (Phi) is 5.36. The van der Waals surface area contributed by atoms with E-state index in [0.717, 1.165) is 25.2 Å². The third-order valence-electron chi connectivity index (χ3n) is 3.60. The molecule has 104 valence electrons. The number of nitrogens with zero attached hydrogens (tertiary/aromatic N) is 1. The van der Waals surface area contributed by atoms with Gasteiger partial charge in [0.1, 0.15) is 0 Å². The Balaban J connectivity index is 1.65. The molecule has 1 heterocycles. The lowest BCUT2D eigenvalue weighted by Gasteiger charge is -2.16. The van der Waals surface area contributed by atoms with E-state index in [4.69, 9.17) is 5.73 Å². The largest absolute Gasteiger partial charge is 0.354 e. The molecule has 0 aliphatic carbocycles. The van der Waals surface area contributed by atoms with Crippen molar-refractivity contribution in [2.45, 2.75) is 25.3 Å². The first-order valence-electron chi connectivity index (χ1n) is 7.05. The van der Waals surface area contributed by atoms with Crippen molar-refractivity contribution < 1.29 is 4.79 Å². The molecule has 1 fully saturated rings. The number of hydrogen-bond acceptors (Lipinski definition) is 3. The first-order chi connectivity index (χ1) is 9.25. The van der Waals surface area contributed by atoms with Gasteiger partial charge in [-0.15, -0.1) is 0 Å². The molecule has 1 aromatic carbocycles. The molecule has 1 aromatic rings. The van der Waals surface area contributed by atoms with Crippen LogP contribution in [0.3, 0.4) is 0 Å². The SMILES string of the molecule is NC(CNC(=O)CCN1CCCC1)c1ccccc1. The van der Waals surface area contributed by atoms with Crippen molar-refractivity contribution in [1.29, 1.82) is 0 Å². The highest BCUT2D eigenvalue weighted by molar-refractivity contribution is 5.76. The topological polar surface area (TPSA) is 58.4 Å². The summed E-state index contributed by atoms with van der Waals surface area (Å²) in [6.07, 6.45) is 3.10. The maximum Gasteiger partial charge on any atom is 0.221 e. The van der Waals surface area contributed by atoms with E-state index in [1.54, 1.807) is 0 Å². The average molecular weight is 261 g/mol. The molecule has 2 rings (SSSR count). The highest BCUT2D eigenvalue weighted by Gasteiger charge is 2.13. The maximum absolute atomic E-state index is 11.7. The second-order valence-electron chi connectivity index (χ2n) is 5.12. The van der Waals surface area contributed by atoms with Gasteiger partial charge < -0.3 is 16.0 Å². The van der Waals surface area contributed by atoms with Crippen LogP contribution < -0.4 is 11.1 Å². The standard InChI is InChI=1S/C15H23N3O/c16-14(13-6-2-1-3-7-13)12-17-15(19)8-11-18-9-4-5-10-18/h1-3,6-7,14H,4-5,8-12,16H2,(H,17,19). The summed E-state index contributed by atoms with van der Waals surface area (Å²) in [5.74, 6) is 0.0956. The zero-order valence-corrected chi connectivity index (χ0v) is 11.3. The predicted octanol–water partition coefficient (Wildman–Crippen LogP) is 1.29. The van der Waals surface area contributed by atoms with Gasteiger partial charge in [-0.25, -0.2) is 0 Å². The molecule has 1 amide bonds. The first kappa shape index (κ1) is 14.0. The summed E-state index contributed by atoms with van der Waals surface area (Å²) < 4.78 is 0. The van der Waals surface area contributed by atoms with E-state index in [0.29, 0.717) is 13.0 Å². The summed E-state index contributed by atoms with van der Waals surface area (Å²) in [6, 6.07) is 9.73. The number of nitrogens with two attached hydrogens (primary N) is 1. The van der Waals surface area contributed by atoms with Crippen LogP contribution in [0.1, 0.15) is 30.9 Å². The van der Waals surface area contributed by atoms with Gasteiger partial charge in [0.25, 0.3) is 0 Å². The third kappa shape index (κ3) is 4.65. The van der Waals surface area contributed by atoms with Crippen LogP contribution >= 0.6 is 0 Å². The molecular formula is C15H23N3O. The van der Waals surface area contributed by atoms with E-state index in [1.165, 1.54) is 12.8 Å². The molecule has 0 bridgehead atoms. The lowest BCUT2D eigenvalue weighted by molar-refractivity contribution is -0.121. The Hall–Kier alpha value is -1.39. The Labute approximate surface area is 115 Å². The van der Waals surface area contributed by atoms with Gasteiger partial charge in [0.05, 0.1) is 0 Å². The van der Waals surface area contributed by atoms with E-state index >= 15 is 0 Å². The smallest absolute Gasteiger partial charge is 0.221 e. The Morgan fingerprint density at radius 3 is 2.63 bits per heavy atom. The molecule has 19 heavy (non-hydrogen) atoms. The zero-order valence-electron chi connectivity index (χ0n) is 11.3. The van der Waals surface area contributed by atoms with Crippen LogP contribution in [0.2, 0.25) is 0 Å². The summed E-state index contributed by atoms with van der Waals surface area (Å²) in [5, 5.41) is 2.91. The monoisotopic (exact) mass is 261 g/mol. The zero-order chi connectivity index (χ0) is 13.5. The van der Waals surface area contributed by atoms with Crippen LogP contribution in [0.15, 0.2) is 30.3 Å². The van der Waals surface area contributed by atoms with E-state index in [1.807, 2.05) is 30.3 Å². The molecule has 1 atom stereocenters. The molecule has 4 heteroatoms. The number of carbonyl (C=O) groups is 1. The van der Waals surface area contributed by atoms with Crippen molar-refractivity contribution in [3.05, 3.63) is 35.9 Å². The van der Waals surface area contributed by atoms with Gasteiger partial charge in [-0.3, -0.25) is 4.79 Å². The lowest BCUT2D eigenvalue weighted by Crippen LogP contribution is -2.34. The number of benzene rings is 1. The second-order valence-corrected chi connectivity index (χ2v) is 5.12. The molecule has 0 radical (unpaired) electrons. The number of amides is 1. The fourth-order valence-corrected chi connectivity index (χ4v) is 2.40. The normalized spacial score (nSPS) is 17.3. The first-order valence-corrected chi connectivity index (χ1v) is 7.05. The maximum atomic E-state index is 11.7. The quantitative estimate of drug-likeness (QED) is 0.811. The highest BCUT2D eigenvalue weighted by Crippen LogP contribution is 2.09. The van der Waals surface area contributed by atoms with Gasteiger partial charge in [0, 0.05) is 25.6 Å². The molecule has 3 N–H and O–H groups in total. The van der Waals surface area contributed by atoms with Gasteiger partial charge in [-0.2, -0.15) is 0 Å². The van der Waals surface area contributed by atoms with Crippen molar-refractivity contribution in [2.75, 3.05) is 26.2 Å². The highest BCUT2D eigenvalue weighted by atomic mass is 16.1. The molecule has 1 saturated heterocycles. The predicted molar refractivity (Wildman–Crippen MR) is 76.7 cm³/mol. The Morgan fingerprint density at radius 1 is 1.26 bits per heavy atom. The van der Waals surface area contributed by atoms with Crippen molar-refractivity contribution in [3.8, 4) is 0 Å². The van der Waals surface area contributed by atoms with E-state index in [2.05, 4.69) is 10.2 Å². The minimum Gasteiger partial charge on any atom is -0.354 e. The number of hydrogen-bond donors (Lipinski definition) is 2. The number of nitrogens with one attached hydrogen (secondary N) is 1. The van der Waals surface area contributed by atoms with Crippen LogP contribution in [0.25, 0.3) is 0 Å². The van der Waals surface area contributed by atoms with Crippen molar-refractivity contribution in [3.63, 3.8) is 0 Å². The molecule has 0 aromatic heterocycles. The van der Waals surface area contributed by atoms with Gasteiger partial charge in [0.2, 0.25) is 5.91 Å². The number of carbonyl (C=O) groups excluding carboxylic acids is 1. The number of rotatable bonds is 6. The molecule has 1 aliphatic heterocycles. The van der Waals surface area contributed by atoms with Crippen LogP contribution in [0.5, 0.6) is 0 Å². The third-order valence-corrected chi connectivity index (χ3v) is 3.60. The Bertz CT molecular complexity index is 388. The lowest BCUT2D eigenvalue weighted by atomic mass is 10.1. The van der Waals surface area contributed by atoms with Crippen molar-refractivity contribution >= 4 is 5.91 Å². The van der Waals surface area contributed by atoms with Gasteiger partial charge in [-0.05, 0) is 31.5 Å². The molecular weight excluding hydrogens is 238 g/mol. The summed E-state index contributed by atoms with van der Waals surface area (Å²) >= 11 is 0. The van der Waals surface area contributed by atoms with Crippen molar-refractivity contribution in [2.24, 2.45) is 5.73 Å². The van der Waals surface area contributed by atoms with Gasteiger partial charge in [0.15, 0.2) is 0 Å². The van der Waals surface area contributed by atoms with Crippen molar-refractivity contribution in [1.82, 2.24) is 10.2 Å². The number of likely N-dealkylation sites (tertiary alicyclic amines) is 1. The van der Waals surface area contributed by atoms with Gasteiger partial charge in [-0.1, -0.05) is 30.3 Å². The fourth-order valence-electron chi connectivity index (χ4n) is 2.40. The fraction of sp³-hybridized carbons (Fsp3) is 0.533. The van der Waals surface area contributed by atoms with Crippen LogP contribution in [-0.2, 0) is 4.79 Å². The molecule has 4 nitrogen and oxygen atoms in total. The second kappa shape index (κ2) is 7.26. The molecule has 1 unspecified atom stereocenters. The molecule has 0 spiro atoms. The Morgan fingerprint density at radius 2 is 1.95 bits per heavy atom. The summed E-state index contributed by atoms with van der Waals surface area (Å²) in [5.41, 5.74) is 7.09.